The number of rotatable bonds is 4. The van der Waals surface area contributed by atoms with E-state index in [2.05, 4.69) is 4.72 Å². The maximum atomic E-state index is 11.4. The molecule has 2 aliphatic rings. The Labute approximate surface area is 78.0 Å². The first kappa shape index (κ1) is 8.97. The van der Waals surface area contributed by atoms with Crippen LogP contribution in [0.4, 0.5) is 0 Å². The Morgan fingerprint density at radius 1 is 1.31 bits per heavy atom. The van der Waals surface area contributed by atoms with Gasteiger partial charge in [-0.25, -0.2) is 8.42 Å². The molecule has 0 heterocycles. The van der Waals surface area contributed by atoms with Crippen LogP contribution >= 0.6 is 0 Å². The Morgan fingerprint density at radius 2 is 1.92 bits per heavy atom. The molecule has 2 rings (SSSR count). The second kappa shape index (κ2) is 2.96. The van der Waals surface area contributed by atoms with Gasteiger partial charge in [0.1, 0.15) is 6.04 Å². The van der Waals surface area contributed by atoms with Crippen LogP contribution in [0.15, 0.2) is 0 Å². The molecular weight excluding hydrogens is 188 g/mol. The summed E-state index contributed by atoms with van der Waals surface area (Å²) in [6.07, 6.45) is 3.45. The van der Waals surface area contributed by atoms with Crippen LogP contribution in [0.3, 0.4) is 0 Å². The molecule has 1 atom stereocenters. The van der Waals surface area contributed by atoms with Crippen molar-refractivity contribution < 1.29 is 8.42 Å². The Bertz CT molecular complexity index is 336. The van der Waals surface area contributed by atoms with Crippen molar-refractivity contribution in [3.63, 3.8) is 0 Å². The minimum Gasteiger partial charge on any atom is -0.212 e. The Hall–Kier alpha value is -0.600. The molecule has 0 aliphatic heterocycles. The first-order chi connectivity index (χ1) is 6.13. The van der Waals surface area contributed by atoms with Crippen molar-refractivity contribution in [1.82, 2.24) is 4.72 Å². The molecule has 0 aromatic heterocycles. The van der Waals surface area contributed by atoms with Gasteiger partial charge in [0, 0.05) is 0 Å². The van der Waals surface area contributed by atoms with Crippen LogP contribution in [0, 0.1) is 17.2 Å². The molecular formula is C8H12N2O2S. The Balaban J connectivity index is 1.98. The quantitative estimate of drug-likeness (QED) is 0.712. The van der Waals surface area contributed by atoms with Crippen LogP contribution in [0.1, 0.15) is 25.7 Å². The van der Waals surface area contributed by atoms with Gasteiger partial charge in [-0.1, -0.05) is 0 Å². The molecule has 2 fully saturated rings. The predicted octanol–water partition coefficient (Wildman–Crippen LogP) is 0.370. The van der Waals surface area contributed by atoms with Gasteiger partial charge < -0.3 is 0 Å². The fourth-order valence-corrected chi connectivity index (χ4v) is 2.86. The summed E-state index contributed by atoms with van der Waals surface area (Å²) in [4.78, 5) is 0. The highest BCUT2D eigenvalue weighted by Gasteiger charge is 2.40. The van der Waals surface area contributed by atoms with Crippen LogP contribution in [0.2, 0.25) is 0 Å². The molecule has 1 unspecified atom stereocenters. The minimum absolute atomic E-state index is 0.220. The third-order valence-electron chi connectivity index (χ3n) is 2.49. The summed E-state index contributed by atoms with van der Waals surface area (Å²) in [6, 6.07) is 1.53. The zero-order valence-electron chi connectivity index (χ0n) is 7.23. The highest BCUT2D eigenvalue weighted by Crippen LogP contribution is 2.34. The van der Waals surface area contributed by atoms with Crippen LogP contribution in [-0.4, -0.2) is 19.7 Å². The van der Waals surface area contributed by atoms with Gasteiger partial charge in [0.05, 0.1) is 11.3 Å². The van der Waals surface area contributed by atoms with E-state index in [4.69, 9.17) is 5.26 Å². The summed E-state index contributed by atoms with van der Waals surface area (Å²) in [7, 11) is -3.18. The molecule has 0 amide bonds. The molecule has 0 aromatic carbocycles. The molecule has 13 heavy (non-hydrogen) atoms. The van der Waals surface area contributed by atoms with Gasteiger partial charge >= 0.3 is 0 Å². The van der Waals surface area contributed by atoms with Crippen molar-refractivity contribution >= 4 is 10.0 Å². The van der Waals surface area contributed by atoms with Crippen LogP contribution in [0.25, 0.3) is 0 Å². The van der Waals surface area contributed by atoms with Crippen LogP contribution in [-0.2, 0) is 10.0 Å². The molecule has 0 bridgehead atoms. The molecule has 72 valence electrons. The summed E-state index contributed by atoms with van der Waals surface area (Å²) in [5.41, 5.74) is 0. The van der Waals surface area contributed by atoms with Crippen LogP contribution in [0.5, 0.6) is 0 Å². The number of sulfonamides is 1. The van der Waals surface area contributed by atoms with E-state index in [9.17, 15) is 8.42 Å². The molecule has 0 saturated heterocycles. The standard InChI is InChI=1S/C8H12N2O2S/c9-5-8(6-1-2-6)10-13(11,12)7-3-4-7/h6-8,10H,1-4H2. The molecule has 4 nitrogen and oxygen atoms in total. The number of nitrogens with one attached hydrogen (secondary N) is 1. The molecule has 1 N–H and O–H groups in total. The van der Waals surface area contributed by atoms with Crippen molar-refractivity contribution in [1.29, 1.82) is 5.26 Å². The van der Waals surface area contributed by atoms with Crippen molar-refractivity contribution in [3.05, 3.63) is 0 Å². The van der Waals surface area contributed by atoms with Crippen molar-refractivity contribution in [2.24, 2.45) is 5.92 Å². The minimum atomic E-state index is -3.18. The average molecular weight is 200 g/mol. The second-order valence-electron chi connectivity index (χ2n) is 3.81. The number of hydrogen-bond donors (Lipinski definition) is 1. The summed E-state index contributed by atoms with van der Waals surface area (Å²) < 4.78 is 25.3. The monoisotopic (exact) mass is 200 g/mol. The highest BCUT2D eigenvalue weighted by atomic mass is 32.2. The maximum absolute atomic E-state index is 11.4. The summed E-state index contributed by atoms with van der Waals surface area (Å²) in [5.74, 6) is 0.263. The van der Waals surface area contributed by atoms with Gasteiger partial charge in [-0.05, 0) is 31.6 Å². The highest BCUT2D eigenvalue weighted by molar-refractivity contribution is 7.90. The third kappa shape index (κ3) is 2.01. The topological polar surface area (TPSA) is 70.0 Å². The zero-order chi connectivity index (χ0) is 9.47. The summed E-state index contributed by atoms with van der Waals surface area (Å²) in [5, 5.41) is 8.50. The van der Waals surface area contributed by atoms with Gasteiger partial charge in [-0.15, -0.1) is 0 Å². The van der Waals surface area contributed by atoms with E-state index >= 15 is 0 Å². The van der Waals surface area contributed by atoms with E-state index < -0.39 is 16.1 Å². The van der Waals surface area contributed by atoms with E-state index in [1.807, 2.05) is 6.07 Å². The molecule has 2 saturated carbocycles. The van der Waals surface area contributed by atoms with E-state index in [0.29, 0.717) is 0 Å². The van der Waals surface area contributed by atoms with E-state index in [-0.39, 0.29) is 11.2 Å². The Kier molecular flexibility index (Phi) is 2.05. The molecule has 5 heteroatoms. The predicted molar refractivity (Wildman–Crippen MR) is 47.2 cm³/mol. The lowest BCUT2D eigenvalue weighted by Crippen LogP contribution is -2.37. The largest absolute Gasteiger partial charge is 0.215 e. The smallest absolute Gasteiger partial charge is 0.212 e. The Morgan fingerprint density at radius 3 is 2.31 bits per heavy atom. The molecule has 2 aliphatic carbocycles. The lowest BCUT2D eigenvalue weighted by molar-refractivity contribution is 0.559. The molecule has 0 radical (unpaired) electrons. The normalized spacial score (nSPS) is 25.2. The first-order valence-electron chi connectivity index (χ1n) is 4.54. The summed E-state index contributed by atoms with van der Waals surface area (Å²) >= 11 is 0. The van der Waals surface area contributed by atoms with E-state index in [0.717, 1.165) is 25.7 Å². The second-order valence-corrected chi connectivity index (χ2v) is 5.80. The van der Waals surface area contributed by atoms with E-state index in [1.54, 1.807) is 0 Å². The number of nitriles is 1. The SMILES string of the molecule is N#CC(NS(=O)(=O)C1CC1)C1CC1. The number of nitrogens with zero attached hydrogens (tertiary/aromatic N) is 1. The van der Waals surface area contributed by atoms with Crippen molar-refractivity contribution in [3.8, 4) is 6.07 Å². The van der Waals surface area contributed by atoms with Crippen LogP contribution < -0.4 is 4.72 Å². The molecule has 0 aromatic rings. The summed E-state index contributed by atoms with van der Waals surface area (Å²) in [6.45, 7) is 0. The molecule has 0 spiro atoms. The maximum Gasteiger partial charge on any atom is 0.215 e. The van der Waals surface area contributed by atoms with E-state index in [1.165, 1.54) is 0 Å². The lowest BCUT2D eigenvalue weighted by atomic mass is 10.2. The van der Waals surface area contributed by atoms with Gasteiger partial charge in [0.25, 0.3) is 0 Å². The lowest BCUT2D eigenvalue weighted by Gasteiger charge is -2.09. The fraction of sp³-hybridized carbons (Fsp3) is 0.875. The van der Waals surface area contributed by atoms with Crippen molar-refractivity contribution in [2.45, 2.75) is 37.0 Å². The average Bonchev–Trinajstić information content (AvgIpc) is 2.88. The van der Waals surface area contributed by atoms with Gasteiger partial charge in [0.2, 0.25) is 10.0 Å². The van der Waals surface area contributed by atoms with Gasteiger partial charge in [0.15, 0.2) is 0 Å². The van der Waals surface area contributed by atoms with Gasteiger partial charge in [-0.3, -0.25) is 0 Å². The number of hydrogen-bond acceptors (Lipinski definition) is 3. The third-order valence-corrected chi connectivity index (χ3v) is 4.42. The van der Waals surface area contributed by atoms with Gasteiger partial charge in [-0.2, -0.15) is 9.98 Å². The first-order valence-corrected chi connectivity index (χ1v) is 6.09. The fourth-order valence-electron chi connectivity index (χ4n) is 1.31. The van der Waals surface area contributed by atoms with Crippen molar-refractivity contribution in [2.75, 3.05) is 0 Å². The zero-order valence-corrected chi connectivity index (χ0v) is 8.05.